The highest BCUT2D eigenvalue weighted by Crippen LogP contribution is 2.55. The topological polar surface area (TPSA) is 14.2 Å². The predicted molar refractivity (Wildman–Crippen MR) is 137 cm³/mol. The Bertz CT molecular complexity index is 1230. The minimum absolute atomic E-state index is 0.533. The van der Waals surface area contributed by atoms with E-state index in [0.717, 1.165) is 23.0 Å². The van der Waals surface area contributed by atoms with Gasteiger partial charge in [-0.1, -0.05) is 43.9 Å². The van der Waals surface area contributed by atoms with Gasteiger partial charge in [-0.15, -0.1) is 11.8 Å². The Morgan fingerprint density at radius 3 is 2.61 bits per heavy atom. The van der Waals surface area contributed by atoms with Gasteiger partial charge in [0.25, 0.3) is 0 Å². The molecule has 3 saturated carbocycles. The molecule has 4 fully saturated rings. The average Bonchev–Trinajstić information content (AvgIpc) is 3.51. The van der Waals surface area contributed by atoms with Crippen LogP contribution in [0, 0.1) is 11.8 Å². The summed E-state index contributed by atoms with van der Waals surface area (Å²) in [7, 11) is 0. The number of nitrogens with zero attached hydrogens (tertiary/aromatic N) is 1. The number of thioether (sulfide) groups is 1. The van der Waals surface area contributed by atoms with Gasteiger partial charge in [0.05, 0.1) is 12.2 Å². The Morgan fingerprint density at radius 1 is 0.758 bits per heavy atom. The molecule has 172 valence electrons. The molecule has 2 aliphatic heterocycles. The van der Waals surface area contributed by atoms with Crippen molar-refractivity contribution in [1.29, 1.82) is 0 Å². The van der Waals surface area contributed by atoms with Crippen LogP contribution in [0.3, 0.4) is 0 Å². The SMILES string of the molecule is c1ccc2c(c1)c1cc3c(cc1n2C1CCC2OC4CCCC[C@H]4C2C1)C1CCCCC1S3. The Labute approximate surface area is 201 Å². The molecular formula is C30H35NOS. The zero-order valence-corrected chi connectivity index (χ0v) is 20.4. The fraction of sp³-hybridized carbons (Fsp3) is 0.600. The van der Waals surface area contributed by atoms with Crippen LogP contribution in [-0.2, 0) is 4.74 Å². The molecule has 7 atom stereocenters. The summed E-state index contributed by atoms with van der Waals surface area (Å²) in [4.78, 5) is 1.58. The molecule has 0 amide bonds. The molecular weight excluding hydrogens is 422 g/mol. The monoisotopic (exact) mass is 457 g/mol. The summed E-state index contributed by atoms with van der Waals surface area (Å²) in [5.74, 6) is 2.39. The van der Waals surface area contributed by atoms with Gasteiger partial charge in [-0.3, -0.25) is 0 Å². The summed E-state index contributed by atoms with van der Waals surface area (Å²) in [5.41, 5.74) is 4.65. The summed E-state index contributed by atoms with van der Waals surface area (Å²) >= 11 is 2.19. The van der Waals surface area contributed by atoms with Crippen molar-refractivity contribution in [3.05, 3.63) is 42.0 Å². The molecule has 0 spiro atoms. The van der Waals surface area contributed by atoms with E-state index in [1.165, 1.54) is 92.4 Å². The molecule has 3 aromatic rings. The first-order valence-corrected chi connectivity index (χ1v) is 14.6. The first-order chi connectivity index (χ1) is 16.3. The standard InChI is InChI=1S/C30H35NOS/c1-4-10-25-19(7-1)22-17-30-24(21-9-3-6-12-29(21)33-30)16-26(22)31(25)18-13-14-28-23(15-18)20-8-2-5-11-27(20)32-28/h1,4,7,10,16-18,20-21,23,27-29H,2-3,5-6,8-9,11-15H2/t18?,20-,21?,23?,27?,28?,29?/m0/s1. The Morgan fingerprint density at radius 2 is 1.61 bits per heavy atom. The molecule has 3 heteroatoms. The van der Waals surface area contributed by atoms with Crippen molar-refractivity contribution in [2.45, 2.75) is 105 Å². The quantitative estimate of drug-likeness (QED) is 0.365. The van der Waals surface area contributed by atoms with Gasteiger partial charge < -0.3 is 9.30 Å². The van der Waals surface area contributed by atoms with Crippen LogP contribution in [0.25, 0.3) is 21.8 Å². The second kappa shape index (κ2) is 7.52. The van der Waals surface area contributed by atoms with Gasteiger partial charge in [-0.05, 0) is 86.5 Å². The van der Waals surface area contributed by atoms with E-state index in [9.17, 15) is 0 Å². The van der Waals surface area contributed by atoms with E-state index in [1.807, 2.05) is 0 Å². The summed E-state index contributed by atoms with van der Waals surface area (Å²) < 4.78 is 9.41. The lowest BCUT2D eigenvalue weighted by Gasteiger charge is -2.35. The molecule has 2 aromatic carbocycles. The third kappa shape index (κ3) is 2.91. The van der Waals surface area contributed by atoms with Gasteiger partial charge >= 0.3 is 0 Å². The largest absolute Gasteiger partial charge is 0.374 e. The predicted octanol–water partition coefficient (Wildman–Crippen LogP) is 8.23. The molecule has 5 aliphatic rings. The normalized spacial score (nSPS) is 37.6. The molecule has 6 unspecified atom stereocenters. The fourth-order valence-corrected chi connectivity index (χ4v) is 10.2. The van der Waals surface area contributed by atoms with Crippen molar-refractivity contribution in [1.82, 2.24) is 4.57 Å². The van der Waals surface area contributed by atoms with Gasteiger partial charge in [-0.25, -0.2) is 0 Å². The first-order valence-electron chi connectivity index (χ1n) is 13.7. The van der Waals surface area contributed by atoms with Crippen LogP contribution in [0.15, 0.2) is 41.3 Å². The van der Waals surface area contributed by atoms with E-state index in [1.54, 1.807) is 10.5 Å². The lowest BCUT2D eigenvalue weighted by molar-refractivity contribution is 0.00178. The van der Waals surface area contributed by atoms with Crippen LogP contribution in [0.4, 0.5) is 0 Å². The lowest BCUT2D eigenvalue weighted by atomic mass is 9.72. The molecule has 0 N–H and O–H groups in total. The van der Waals surface area contributed by atoms with Gasteiger partial charge in [0.15, 0.2) is 0 Å². The molecule has 3 aliphatic carbocycles. The second-order valence-electron chi connectivity index (χ2n) is 11.6. The summed E-state index contributed by atoms with van der Waals surface area (Å²) in [6.45, 7) is 0. The van der Waals surface area contributed by atoms with E-state index in [2.05, 4.69) is 52.7 Å². The van der Waals surface area contributed by atoms with Crippen molar-refractivity contribution >= 4 is 33.6 Å². The number of benzene rings is 2. The van der Waals surface area contributed by atoms with E-state index in [-0.39, 0.29) is 0 Å². The maximum absolute atomic E-state index is 6.62. The van der Waals surface area contributed by atoms with Gasteiger partial charge in [-0.2, -0.15) is 0 Å². The first kappa shape index (κ1) is 19.8. The smallest absolute Gasteiger partial charge is 0.0612 e. The summed E-state index contributed by atoms with van der Waals surface area (Å²) in [5, 5.41) is 3.79. The van der Waals surface area contributed by atoms with Gasteiger partial charge in [0.1, 0.15) is 0 Å². The highest BCUT2D eigenvalue weighted by Gasteiger charge is 2.48. The number of rotatable bonds is 1. The third-order valence-electron chi connectivity index (χ3n) is 10.0. The van der Waals surface area contributed by atoms with Crippen LogP contribution in [0.5, 0.6) is 0 Å². The van der Waals surface area contributed by atoms with Crippen LogP contribution in [-0.4, -0.2) is 22.0 Å². The van der Waals surface area contributed by atoms with Crippen LogP contribution in [0.2, 0.25) is 0 Å². The second-order valence-corrected chi connectivity index (χ2v) is 12.9. The van der Waals surface area contributed by atoms with Crippen molar-refractivity contribution in [3.63, 3.8) is 0 Å². The van der Waals surface area contributed by atoms with E-state index in [0.29, 0.717) is 18.2 Å². The van der Waals surface area contributed by atoms with Crippen LogP contribution in [0.1, 0.15) is 88.2 Å². The number of ether oxygens (including phenoxy) is 1. The van der Waals surface area contributed by atoms with E-state index >= 15 is 0 Å². The highest BCUT2D eigenvalue weighted by molar-refractivity contribution is 8.00. The average molecular weight is 458 g/mol. The molecule has 1 aromatic heterocycles. The Balaban J connectivity index is 1.25. The fourth-order valence-electron chi connectivity index (χ4n) is 8.60. The van der Waals surface area contributed by atoms with Crippen molar-refractivity contribution in [2.24, 2.45) is 11.8 Å². The molecule has 3 heterocycles. The summed E-state index contributed by atoms with van der Waals surface area (Å²) in [6.07, 6.45) is 16.1. The number of hydrogen-bond acceptors (Lipinski definition) is 2. The molecule has 33 heavy (non-hydrogen) atoms. The van der Waals surface area contributed by atoms with Crippen LogP contribution >= 0.6 is 11.8 Å². The van der Waals surface area contributed by atoms with Crippen molar-refractivity contribution in [2.75, 3.05) is 0 Å². The van der Waals surface area contributed by atoms with E-state index < -0.39 is 0 Å². The van der Waals surface area contributed by atoms with Crippen molar-refractivity contribution in [3.8, 4) is 0 Å². The molecule has 2 nitrogen and oxygen atoms in total. The zero-order chi connectivity index (χ0) is 21.5. The number of aromatic nitrogens is 1. The minimum Gasteiger partial charge on any atom is -0.374 e. The van der Waals surface area contributed by atoms with Gasteiger partial charge in [0.2, 0.25) is 0 Å². The maximum Gasteiger partial charge on any atom is 0.0612 e. The van der Waals surface area contributed by atoms with Crippen LogP contribution < -0.4 is 0 Å². The third-order valence-corrected chi connectivity index (χ3v) is 11.5. The molecule has 8 rings (SSSR count). The number of fused-ring (bicyclic) bond motifs is 9. The maximum atomic E-state index is 6.62. The highest BCUT2D eigenvalue weighted by atomic mass is 32.2. The Kier molecular flexibility index (Phi) is 4.52. The van der Waals surface area contributed by atoms with Gasteiger partial charge in [0, 0.05) is 38.0 Å². The molecule has 0 bridgehead atoms. The zero-order valence-electron chi connectivity index (χ0n) is 19.5. The lowest BCUT2D eigenvalue weighted by Crippen LogP contribution is -2.31. The molecule has 1 saturated heterocycles. The number of hydrogen-bond donors (Lipinski definition) is 0. The molecule has 0 radical (unpaired) electrons. The number of para-hydroxylation sites is 1. The Hall–Kier alpha value is -1.45. The minimum atomic E-state index is 0.533. The van der Waals surface area contributed by atoms with E-state index in [4.69, 9.17) is 4.74 Å². The van der Waals surface area contributed by atoms with Crippen molar-refractivity contribution < 1.29 is 4.74 Å². The summed E-state index contributed by atoms with van der Waals surface area (Å²) in [6, 6.07) is 15.1.